The molecule has 0 radical (unpaired) electrons. The Morgan fingerprint density at radius 1 is 1.29 bits per heavy atom. The minimum Gasteiger partial charge on any atom is -0.494 e. The highest BCUT2D eigenvalue weighted by Crippen LogP contribution is 2.34. The largest absolute Gasteiger partial charge is 0.494 e. The second-order valence-corrected chi connectivity index (χ2v) is 5.10. The number of ether oxygens (including phenoxy) is 1. The summed E-state index contributed by atoms with van der Waals surface area (Å²) in [6.45, 7) is 0. The van der Waals surface area contributed by atoms with E-state index in [1.165, 1.54) is 13.2 Å². The molecule has 0 saturated heterocycles. The lowest BCUT2D eigenvalue weighted by Gasteiger charge is -2.09. The Kier molecular flexibility index (Phi) is 3.89. The molecule has 2 rings (SSSR count). The van der Waals surface area contributed by atoms with E-state index in [0.29, 0.717) is 10.4 Å². The molecule has 0 fully saturated rings. The van der Waals surface area contributed by atoms with Crippen molar-refractivity contribution in [3.05, 3.63) is 52.1 Å². The minimum absolute atomic E-state index is 0.186. The second-order valence-electron chi connectivity index (χ2n) is 3.40. The van der Waals surface area contributed by atoms with Crippen LogP contribution in [0.2, 0.25) is 0 Å². The molecule has 1 aromatic heterocycles. The molecular formula is C12H9Br2FO2. The first kappa shape index (κ1) is 12.6. The maximum absolute atomic E-state index is 13.5. The molecule has 1 heterocycles. The molecule has 0 saturated carbocycles. The van der Waals surface area contributed by atoms with Crippen molar-refractivity contribution in [2.45, 2.75) is 4.83 Å². The number of hydrogen-bond donors (Lipinski definition) is 0. The van der Waals surface area contributed by atoms with Crippen LogP contribution in [0.4, 0.5) is 4.39 Å². The molecule has 0 N–H and O–H groups in total. The first-order valence-electron chi connectivity index (χ1n) is 4.84. The maximum atomic E-state index is 13.5. The molecule has 0 aliphatic carbocycles. The number of alkyl halides is 1. The third kappa shape index (κ3) is 2.72. The molecule has 2 nitrogen and oxygen atoms in total. The van der Waals surface area contributed by atoms with Gasteiger partial charge in [-0.2, -0.15) is 0 Å². The molecule has 17 heavy (non-hydrogen) atoms. The summed E-state index contributed by atoms with van der Waals surface area (Å²) in [7, 11) is 1.44. The van der Waals surface area contributed by atoms with Gasteiger partial charge in [0.25, 0.3) is 0 Å². The van der Waals surface area contributed by atoms with Gasteiger partial charge in [0.2, 0.25) is 0 Å². The fraction of sp³-hybridized carbons (Fsp3) is 0.167. The molecule has 0 aliphatic heterocycles. The summed E-state index contributed by atoms with van der Waals surface area (Å²) in [4.78, 5) is -0.186. The van der Waals surface area contributed by atoms with Gasteiger partial charge in [-0.3, -0.25) is 0 Å². The predicted octanol–water partition coefficient (Wildman–Crippen LogP) is 4.67. The molecule has 2 aromatic rings. The summed E-state index contributed by atoms with van der Waals surface area (Å²) in [5.74, 6) is 0.551. The van der Waals surface area contributed by atoms with Gasteiger partial charge in [-0.25, -0.2) is 4.39 Å². The second kappa shape index (κ2) is 5.23. The molecule has 0 bridgehead atoms. The highest BCUT2D eigenvalue weighted by atomic mass is 79.9. The molecule has 0 aliphatic rings. The van der Waals surface area contributed by atoms with E-state index in [1.54, 1.807) is 18.2 Å². The average Bonchev–Trinajstić information content (AvgIpc) is 2.75. The monoisotopic (exact) mass is 362 g/mol. The van der Waals surface area contributed by atoms with Crippen LogP contribution in [-0.4, -0.2) is 7.11 Å². The number of furan rings is 1. The van der Waals surface area contributed by atoms with Crippen molar-refractivity contribution in [2.75, 3.05) is 7.11 Å². The highest BCUT2D eigenvalue weighted by Gasteiger charge is 2.16. The Balaban J connectivity index is 2.31. The van der Waals surface area contributed by atoms with Crippen LogP contribution in [0.25, 0.3) is 0 Å². The van der Waals surface area contributed by atoms with Gasteiger partial charge in [0.15, 0.2) is 16.2 Å². The lowest BCUT2D eigenvalue weighted by molar-refractivity contribution is 0.386. The van der Waals surface area contributed by atoms with E-state index in [1.807, 2.05) is 6.07 Å². The quantitative estimate of drug-likeness (QED) is 0.739. The highest BCUT2D eigenvalue weighted by molar-refractivity contribution is 9.10. The first-order valence-corrected chi connectivity index (χ1v) is 6.55. The third-order valence-corrected chi connectivity index (χ3v) is 3.72. The van der Waals surface area contributed by atoms with Gasteiger partial charge in [0, 0.05) is 0 Å². The van der Waals surface area contributed by atoms with Crippen molar-refractivity contribution >= 4 is 31.9 Å². The van der Waals surface area contributed by atoms with Crippen LogP contribution in [0.3, 0.4) is 0 Å². The molecule has 90 valence electrons. The summed E-state index contributed by atoms with van der Waals surface area (Å²) < 4.78 is 24.5. The normalized spacial score (nSPS) is 12.5. The van der Waals surface area contributed by atoms with Crippen molar-refractivity contribution in [3.8, 4) is 5.75 Å². The van der Waals surface area contributed by atoms with Gasteiger partial charge in [0.05, 0.1) is 11.9 Å². The Morgan fingerprint density at radius 2 is 2.06 bits per heavy atom. The number of methoxy groups -OCH3 is 1. The smallest absolute Gasteiger partial charge is 0.169 e. The average molecular weight is 364 g/mol. The van der Waals surface area contributed by atoms with Crippen LogP contribution in [0.1, 0.15) is 16.2 Å². The van der Waals surface area contributed by atoms with Gasteiger partial charge in [-0.1, -0.05) is 22.0 Å². The van der Waals surface area contributed by atoms with Crippen LogP contribution in [0, 0.1) is 5.82 Å². The van der Waals surface area contributed by atoms with E-state index in [2.05, 4.69) is 31.9 Å². The molecule has 0 spiro atoms. The van der Waals surface area contributed by atoms with E-state index in [0.717, 1.165) is 5.56 Å². The van der Waals surface area contributed by atoms with Gasteiger partial charge >= 0.3 is 0 Å². The summed E-state index contributed by atoms with van der Waals surface area (Å²) in [5.41, 5.74) is 0.769. The van der Waals surface area contributed by atoms with Gasteiger partial charge in [0.1, 0.15) is 5.76 Å². The zero-order valence-corrected chi connectivity index (χ0v) is 12.1. The third-order valence-electron chi connectivity index (χ3n) is 2.31. The molecule has 0 amide bonds. The fourth-order valence-corrected chi connectivity index (χ4v) is 2.32. The van der Waals surface area contributed by atoms with Crippen LogP contribution in [-0.2, 0) is 0 Å². The van der Waals surface area contributed by atoms with Gasteiger partial charge < -0.3 is 9.15 Å². The number of rotatable bonds is 3. The summed E-state index contributed by atoms with van der Waals surface area (Å²) in [6, 6.07) is 8.43. The van der Waals surface area contributed by atoms with Crippen LogP contribution in [0.5, 0.6) is 5.75 Å². The molecule has 5 heteroatoms. The Morgan fingerprint density at radius 3 is 2.59 bits per heavy atom. The number of hydrogen-bond acceptors (Lipinski definition) is 2. The number of benzene rings is 1. The molecular weight excluding hydrogens is 355 g/mol. The Bertz CT molecular complexity index is 525. The van der Waals surface area contributed by atoms with E-state index in [4.69, 9.17) is 9.15 Å². The lowest BCUT2D eigenvalue weighted by atomic mass is 10.1. The molecule has 1 aromatic carbocycles. The zero-order valence-electron chi connectivity index (χ0n) is 8.91. The van der Waals surface area contributed by atoms with Crippen LogP contribution in [0.15, 0.2) is 39.4 Å². The van der Waals surface area contributed by atoms with E-state index in [-0.39, 0.29) is 16.4 Å². The summed E-state index contributed by atoms with van der Waals surface area (Å²) in [6.07, 6.45) is 0. The van der Waals surface area contributed by atoms with Crippen molar-refractivity contribution in [3.63, 3.8) is 0 Å². The van der Waals surface area contributed by atoms with E-state index >= 15 is 0 Å². The minimum atomic E-state index is -0.389. The van der Waals surface area contributed by atoms with Gasteiger partial charge in [-0.05, 0) is 45.8 Å². The van der Waals surface area contributed by atoms with E-state index < -0.39 is 0 Å². The van der Waals surface area contributed by atoms with Crippen molar-refractivity contribution in [1.29, 1.82) is 0 Å². The molecule has 1 atom stereocenters. The first-order chi connectivity index (χ1) is 8.11. The Labute approximate surface area is 115 Å². The standard InChI is InChI=1S/C12H9Br2FO2/c1-16-9-3-2-7(6-8(9)15)12(14)10-4-5-11(13)17-10/h2-6,12H,1H3. The fourth-order valence-electron chi connectivity index (χ4n) is 1.47. The SMILES string of the molecule is COc1ccc(C(Br)c2ccc(Br)o2)cc1F. The topological polar surface area (TPSA) is 22.4 Å². The van der Waals surface area contributed by atoms with Crippen LogP contribution >= 0.6 is 31.9 Å². The van der Waals surface area contributed by atoms with Crippen molar-refractivity contribution < 1.29 is 13.5 Å². The zero-order chi connectivity index (χ0) is 12.4. The molecule has 1 unspecified atom stereocenters. The predicted molar refractivity (Wildman–Crippen MR) is 70.1 cm³/mol. The number of halogens is 3. The Hall–Kier alpha value is -0.810. The maximum Gasteiger partial charge on any atom is 0.169 e. The van der Waals surface area contributed by atoms with Crippen LogP contribution < -0.4 is 4.74 Å². The summed E-state index contributed by atoms with van der Waals surface area (Å²) >= 11 is 6.69. The van der Waals surface area contributed by atoms with Gasteiger partial charge in [-0.15, -0.1) is 0 Å². The van der Waals surface area contributed by atoms with Crippen molar-refractivity contribution in [1.82, 2.24) is 0 Å². The van der Waals surface area contributed by atoms with E-state index in [9.17, 15) is 4.39 Å². The lowest BCUT2D eigenvalue weighted by Crippen LogP contribution is -1.94. The summed E-state index contributed by atoms with van der Waals surface area (Å²) in [5, 5.41) is 0. The van der Waals surface area contributed by atoms with Crippen molar-refractivity contribution in [2.24, 2.45) is 0 Å².